The largest absolute Gasteiger partial charge is 0.398 e. The number of benzene rings is 2. The van der Waals surface area contributed by atoms with Gasteiger partial charge in [0.05, 0.1) is 6.42 Å². The van der Waals surface area contributed by atoms with Crippen LogP contribution in [0.2, 0.25) is 5.02 Å². The molecule has 0 unspecified atom stereocenters. The Hall–Kier alpha value is -2.00. The molecule has 0 aliphatic heterocycles. The van der Waals surface area contributed by atoms with E-state index >= 15 is 0 Å². The second-order valence-electron chi connectivity index (χ2n) is 4.88. The monoisotopic (exact) mass is 288 g/mol. The Morgan fingerprint density at radius 1 is 1.15 bits per heavy atom. The summed E-state index contributed by atoms with van der Waals surface area (Å²) in [5.74, 6) is -0.0707. The highest BCUT2D eigenvalue weighted by atomic mass is 35.5. The van der Waals surface area contributed by atoms with Gasteiger partial charge < -0.3 is 11.1 Å². The average molecular weight is 289 g/mol. The van der Waals surface area contributed by atoms with Gasteiger partial charge in [0.25, 0.3) is 0 Å². The number of hydrogen-bond donors (Lipinski definition) is 2. The molecule has 1 amide bonds. The lowest BCUT2D eigenvalue weighted by Gasteiger charge is -2.11. The predicted molar refractivity (Wildman–Crippen MR) is 84.1 cm³/mol. The Morgan fingerprint density at radius 2 is 1.80 bits per heavy atom. The van der Waals surface area contributed by atoms with Gasteiger partial charge >= 0.3 is 0 Å². The van der Waals surface area contributed by atoms with Crippen molar-refractivity contribution in [3.63, 3.8) is 0 Å². The molecule has 0 heterocycles. The summed E-state index contributed by atoms with van der Waals surface area (Å²) in [5, 5.41) is 3.55. The van der Waals surface area contributed by atoms with E-state index in [1.54, 1.807) is 18.2 Å². The van der Waals surface area contributed by atoms with Crippen LogP contribution in [0.4, 0.5) is 11.4 Å². The molecule has 0 bridgehead atoms. The summed E-state index contributed by atoms with van der Waals surface area (Å²) < 4.78 is 0. The summed E-state index contributed by atoms with van der Waals surface area (Å²) in [5.41, 5.74) is 10.2. The van der Waals surface area contributed by atoms with Gasteiger partial charge in [-0.15, -0.1) is 0 Å². The number of rotatable bonds is 3. The van der Waals surface area contributed by atoms with Gasteiger partial charge in [0, 0.05) is 16.4 Å². The van der Waals surface area contributed by atoms with Gasteiger partial charge in [-0.3, -0.25) is 4.79 Å². The van der Waals surface area contributed by atoms with Crippen LogP contribution in [0.25, 0.3) is 0 Å². The molecule has 20 heavy (non-hydrogen) atoms. The van der Waals surface area contributed by atoms with Crippen LogP contribution in [-0.4, -0.2) is 5.91 Å². The molecule has 0 aliphatic rings. The Kier molecular flexibility index (Phi) is 4.30. The molecule has 0 atom stereocenters. The molecule has 2 rings (SSSR count). The zero-order valence-corrected chi connectivity index (χ0v) is 12.3. The molecule has 0 fully saturated rings. The van der Waals surface area contributed by atoms with Crippen molar-refractivity contribution in [3.05, 3.63) is 58.1 Å². The van der Waals surface area contributed by atoms with Gasteiger partial charge in [0.2, 0.25) is 5.91 Å². The third-order valence-electron chi connectivity index (χ3n) is 3.17. The summed E-state index contributed by atoms with van der Waals surface area (Å²) in [6, 6.07) is 11.0. The molecule has 3 N–H and O–H groups in total. The molecular formula is C16H17ClN2O. The van der Waals surface area contributed by atoms with E-state index in [9.17, 15) is 4.79 Å². The molecule has 2 aromatic rings. The first-order valence-electron chi connectivity index (χ1n) is 6.36. The first kappa shape index (κ1) is 14.4. The van der Waals surface area contributed by atoms with Crippen LogP contribution in [0.1, 0.15) is 16.7 Å². The van der Waals surface area contributed by atoms with Crippen molar-refractivity contribution in [1.82, 2.24) is 0 Å². The van der Waals surface area contributed by atoms with Gasteiger partial charge in [-0.2, -0.15) is 0 Å². The number of nitrogens with one attached hydrogen (secondary N) is 1. The number of nitrogen functional groups attached to an aromatic ring is 1. The molecular weight excluding hydrogens is 272 g/mol. The molecule has 0 aliphatic carbocycles. The van der Waals surface area contributed by atoms with Gasteiger partial charge in [0.15, 0.2) is 0 Å². The van der Waals surface area contributed by atoms with E-state index in [0.717, 1.165) is 22.4 Å². The quantitative estimate of drug-likeness (QED) is 0.846. The van der Waals surface area contributed by atoms with Crippen LogP contribution >= 0.6 is 11.6 Å². The van der Waals surface area contributed by atoms with E-state index in [2.05, 4.69) is 5.32 Å². The second-order valence-corrected chi connectivity index (χ2v) is 5.31. The minimum atomic E-state index is -0.0707. The summed E-state index contributed by atoms with van der Waals surface area (Å²) in [6.45, 7) is 3.89. The van der Waals surface area contributed by atoms with E-state index in [4.69, 9.17) is 17.3 Å². The summed E-state index contributed by atoms with van der Waals surface area (Å²) in [6.07, 6.45) is 0.310. The van der Waals surface area contributed by atoms with Crippen LogP contribution in [-0.2, 0) is 11.2 Å². The van der Waals surface area contributed by atoms with E-state index in [-0.39, 0.29) is 5.91 Å². The first-order valence-corrected chi connectivity index (χ1v) is 6.74. The molecule has 2 aromatic carbocycles. The van der Waals surface area contributed by atoms with Gasteiger partial charge in [-0.05, 0) is 48.7 Å². The van der Waals surface area contributed by atoms with Gasteiger partial charge in [-0.25, -0.2) is 0 Å². The van der Waals surface area contributed by atoms with Gasteiger partial charge in [0.1, 0.15) is 0 Å². The van der Waals surface area contributed by atoms with Crippen LogP contribution in [0.5, 0.6) is 0 Å². The fourth-order valence-corrected chi connectivity index (χ4v) is 2.11. The Balaban J connectivity index is 2.08. The topological polar surface area (TPSA) is 55.1 Å². The maximum atomic E-state index is 12.0. The number of nitrogens with two attached hydrogens (primary N) is 1. The first-order chi connectivity index (χ1) is 9.45. The molecule has 0 radical (unpaired) electrons. The van der Waals surface area contributed by atoms with Crippen molar-refractivity contribution in [3.8, 4) is 0 Å². The normalized spacial score (nSPS) is 10.3. The average Bonchev–Trinajstić information content (AvgIpc) is 2.39. The molecule has 0 aromatic heterocycles. The lowest BCUT2D eigenvalue weighted by atomic mass is 10.1. The van der Waals surface area contributed by atoms with Crippen molar-refractivity contribution in [2.24, 2.45) is 0 Å². The van der Waals surface area contributed by atoms with Crippen LogP contribution in [0, 0.1) is 13.8 Å². The number of hydrogen-bond acceptors (Lipinski definition) is 2. The van der Waals surface area contributed by atoms with Gasteiger partial charge in [-0.1, -0.05) is 29.8 Å². The maximum Gasteiger partial charge on any atom is 0.228 e. The number of anilines is 2. The zero-order chi connectivity index (χ0) is 14.7. The highest BCUT2D eigenvalue weighted by Gasteiger charge is 2.08. The molecule has 4 heteroatoms. The molecule has 0 saturated carbocycles. The zero-order valence-electron chi connectivity index (χ0n) is 11.5. The lowest BCUT2D eigenvalue weighted by Crippen LogP contribution is -2.15. The smallest absolute Gasteiger partial charge is 0.228 e. The fraction of sp³-hybridized carbons (Fsp3) is 0.188. The minimum Gasteiger partial charge on any atom is -0.398 e. The van der Waals surface area contributed by atoms with E-state index < -0.39 is 0 Å². The van der Waals surface area contributed by atoms with Crippen molar-refractivity contribution in [2.45, 2.75) is 20.3 Å². The minimum absolute atomic E-state index is 0.0707. The van der Waals surface area contributed by atoms with Crippen molar-refractivity contribution in [2.75, 3.05) is 11.1 Å². The molecule has 0 saturated heterocycles. The molecule has 0 spiro atoms. The Bertz CT molecular complexity index is 636. The summed E-state index contributed by atoms with van der Waals surface area (Å²) in [7, 11) is 0. The van der Waals surface area contributed by atoms with Crippen LogP contribution < -0.4 is 11.1 Å². The maximum absolute atomic E-state index is 12.0. The number of carbonyl (C=O) groups excluding carboxylic acids is 1. The van der Waals surface area contributed by atoms with Crippen LogP contribution in [0.15, 0.2) is 36.4 Å². The number of aryl methyl sites for hydroxylation is 2. The third-order valence-corrected chi connectivity index (χ3v) is 3.42. The number of carbonyl (C=O) groups is 1. The van der Waals surface area contributed by atoms with Crippen molar-refractivity contribution in [1.29, 1.82) is 0 Å². The Morgan fingerprint density at radius 3 is 2.45 bits per heavy atom. The summed E-state index contributed by atoms with van der Waals surface area (Å²) in [4.78, 5) is 12.0. The van der Waals surface area contributed by atoms with Crippen molar-refractivity contribution < 1.29 is 4.79 Å². The third kappa shape index (κ3) is 3.52. The van der Waals surface area contributed by atoms with E-state index in [1.165, 1.54) is 0 Å². The number of amides is 1. The van der Waals surface area contributed by atoms with E-state index in [0.29, 0.717) is 17.1 Å². The van der Waals surface area contributed by atoms with E-state index in [1.807, 2.05) is 32.0 Å². The van der Waals surface area contributed by atoms with Crippen molar-refractivity contribution >= 4 is 28.9 Å². The lowest BCUT2D eigenvalue weighted by molar-refractivity contribution is -0.115. The summed E-state index contributed by atoms with van der Waals surface area (Å²) >= 11 is 5.82. The predicted octanol–water partition coefficient (Wildman–Crippen LogP) is 3.72. The number of halogens is 1. The van der Waals surface area contributed by atoms with Crippen LogP contribution in [0.3, 0.4) is 0 Å². The highest BCUT2D eigenvalue weighted by Crippen LogP contribution is 2.22. The standard InChI is InChI=1S/C16H17ClN2O/c1-10-7-11(2)15(9-14(10)18)19-16(20)8-12-3-5-13(17)6-4-12/h3-7,9H,8,18H2,1-2H3,(H,19,20). The molecule has 104 valence electrons. The highest BCUT2D eigenvalue weighted by molar-refractivity contribution is 6.30. The molecule has 3 nitrogen and oxygen atoms in total. The second kappa shape index (κ2) is 5.97. The SMILES string of the molecule is Cc1cc(C)c(NC(=O)Cc2ccc(Cl)cc2)cc1N. The fourth-order valence-electron chi connectivity index (χ4n) is 1.99. The Labute approximate surface area is 123 Å².